The van der Waals surface area contributed by atoms with Crippen LogP contribution in [-0.4, -0.2) is 58.8 Å². The summed E-state index contributed by atoms with van der Waals surface area (Å²) in [6.07, 6.45) is 11.5. The molecule has 0 unspecified atom stereocenters. The highest BCUT2D eigenvalue weighted by atomic mass is 15.4. The maximum Gasteiger partial charge on any atom is 0.229 e. The normalized spacial score (nSPS) is 21.5. The van der Waals surface area contributed by atoms with Gasteiger partial charge in [-0.25, -0.2) is 0 Å². The first-order valence-corrected chi connectivity index (χ1v) is 11.3. The summed E-state index contributed by atoms with van der Waals surface area (Å²) in [5.74, 6) is 3.05. The molecule has 7 nitrogen and oxygen atoms in total. The van der Waals surface area contributed by atoms with Gasteiger partial charge in [0.1, 0.15) is 5.52 Å². The SMILES string of the molecule is Cn1c(N2CCCCC2)nc2nc(N3CCCCC3)nc(N3CCCCC3)c21. The zero-order valence-electron chi connectivity index (χ0n) is 17.2. The summed E-state index contributed by atoms with van der Waals surface area (Å²) < 4.78 is 2.25. The van der Waals surface area contributed by atoms with Crippen LogP contribution in [0.15, 0.2) is 0 Å². The highest BCUT2D eigenvalue weighted by molar-refractivity contribution is 5.87. The lowest BCUT2D eigenvalue weighted by Gasteiger charge is -2.31. The minimum atomic E-state index is 0.874. The monoisotopic (exact) mass is 383 g/mol. The number of hydrogen-bond donors (Lipinski definition) is 0. The Balaban J connectivity index is 1.60. The summed E-state index contributed by atoms with van der Waals surface area (Å²) in [5, 5.41) is 0. The van der Waals surface area contributed by atoms with Crippen LogP contribution < -0.4 is 14.7 Å². The molecule has 3 aliphatic heterocycles. The minimum absolute atomic E-state index is 0.874. The Hall–Kier alpha value is -2.05. The molecule has 0 bridgehead atoms. The number of piperidine rings is 3. The number of aryl methyl sites for hydroxylation is 1. The van der Waals surface area contributed by atoms with Crippen molar-refractivity contribution in [2.75, 3.05) is 54.0 Å². The van der Waals surface area contributed by atoms with Gasteiger partial charge in [0.15, 0.2) is 11.5 Å². The van der Waals surface area contributed by atoms with E-state index in [0.29, 0.717) is 0 Å². The molecule has 3 aliphatic rings. The van der Waals surface area contributed by atoms with Crippen LogP contribution in [0.3, 0.4) is 0 Å². The van der Waals surface area contributed by atoms with Gasteiger partial charge in [0.05, 0.1) is 0 Å². The molecule has 0 spiro atoms. The highest BCUT2D eigenvalue weighted by Gasteiger charge is 2.26. The fourth-order valence-electron chi connectivity index (χ4n) is 5.01. The Labute approximate surface area is 167 Å². The summed E-state index contributed by atoms with van der Waals surface area (Å²) in [6, 6.07) is 0. The molecule has 28 heavy (non-hydrogen) atoms. The van der Waals surface area contributed by atoms with Crippen molar-refractivity contribution in [1.82, 2.24) is 19.5 Å². The molecule has 0 saturated carbocycles. The second-order valence-corrected chi connectivity index (χ2v) is 8.63. The molecule has 0 amide bonds. The Kier molecular flexibility index (Phi) is 4.99. The van der Waals surface area contributed by atoms with E-state index in [1.54, 1.807) is 0 Å². The predicted molar refractivity (Wildman–Crippen MR) is 114 cm³/mol. The average molecular weight is 384 g/mol. The number of anilines is 3. The largest absolute Gasteiger partial charge is 0.355 e. The van der Waals surface area contributed by atoms with Crippen LogP contribution in [0.5, 0.6) is 0 Å². The van der Waals surface area contributed by atoms with Gasteiger partial charge in [0.2, 0.25) is 11.9 Å². The van der Waals surface area contributed by atoms with Crippen molar-refractivity contribution in [1.29, 1.82) is 0 Å². The third kappa shape index (κ3) is 3.29. The van der Waals surface area contributed by atoms with Gasteiger partial charge in [-0.1, -0.05) is 0 Å². The smallest absolute Gasteiger partial charge is 0.229 e. The van der Waals surface area contributed by atoms with Gasteiger partial charge in [0.25, 0.3) is 0 Å². The lowest BCUT2D eigenvalue weighted by atomic mass is 10.1. The fourth-order valence-corrected chi connectivity index (χ4v) is 5.01. The van der Waals surface area contributed by atoms with Gasteiger partial charge in [-0.05, 0) is 57.8 Å². The maximum atomic E-state index is 5.13. The number of hydrogen-bond acceptors (Lipinski definition) is 6. The first-order valence-electron chi connectivity index (χ1n) is 11.3. The van der Waals surface area contributed by atoms with Crippen LogP contribution in [0.4, 0.5) is 17.7 Å². The van der Waals surface area contributed by atoms with Gasteiger partial charge in [0, 0.05) is 46.3 Å². The van der Waals surface area contributed by atoms with Crippen molar-refractivity contribution in [3.05, 3.63) is 0 Å². The predicted octanol–water partition coefficient (Wildman–Crippen LogP) is 3.33. The van der Waals surface area contributed by atoms with E-state index in [1.165, 1.54) is 57.8 Å². The van der Waals surface area contributed by atoms with Crippen molar-refractivity contribution < 1.29 is 0 Å². The van der Waals surface area contributed by atoms with E-state index in [1.807, 2.05) is 0 Å². The number of fused-ring (bicyclic) bond motifs is 1. The molecule has 5 rings (SSSR count). The van der Waals surface area contributed by atoms with E-state index in [4.69, 9.17) is 15.0 Å². The third-order valence-electron chi connectivity index (χ3n) is 6.61. The van der Waals surface area contributed by atoms with E-state index in [2.05, 4.69) is 26.3 Å². The fraction of sp³-hybridized carbons (Fsp3) is 0.762. The summed E-state index contributed by atoms with van der Waals surface area (Å²) in [7, 11) is 2.15. The molecule has 3 saturated heterocycles. The molecule has 0 N–H and O–H groups in total. The van der Waals surface area contributed by atoms with Crippen molar-refractivity contribution >= 4 is 28.9 Å². The standard InChI is InChI=1S/C21H33N7/c1-25-17-18(23-21(25)28-15-9-4-10-16-28)22-20(27-13-7-3-8-14-27)24-19(17)26-11-5-2-6-12-26/h2-16H2,1H3. The molecule has 0 aliphatic carbocycles. The van der Waals surface area contributed by atoms with Crippen LogP contribution in [0, 0.1) is 0 Å². The third-order valence-corrected chi connectivity index (χ3v) is 6.61. The Morgan fingerprint density at radius 3 is 1.71 bits per heavy atom. The molecule has 2 aromatic heterocycles. The Morgan fingerprint density at radius 2 is 1.11 bits per heavy atom. The van der Waals surface area contributed by atoms with Crippen LogP contribution in [0.1, 0.15) is 57.8 Å². The van der Waals surface area contributed by atoms with Crippen LogP contribution in [-0.2, 0) is 7.05 Å². The van der Waals surface area contributed by atoms with Gasteiger partial charge in [-0.2, -0.15) is 15.0 Å². The van der Waals surface area contributed by atoms with Crippen LogP contribution in [0.2, 0.25) is 0 Å². The van der Waals surface area contributed by atoms with Crippen LogP contribution in [0.25, 0.3) is 11.2 Å². The van der Waals surface area contributed by atoms with Gasteiger partial charge < -0.3 is 19.3 Å². The van der Waals surface area contributed by atoms with Crippen molar-refractivity contribution in [3.63, 3.8) is 0 Å². The number of aromatic nitrogens is 4. The molecule has 7 heteroatoms. The van der Waals surface area contributed by atoms with E-state index in [0.717, 1.165) is 68.1 Å². The summed E-state index contributed by atoms with van der Waals surface area (Å²) in [4.78, 5) is 22.4. The molecule has 0 radical (unpaired) electrons. The molecule has 5 heterocycles. The number of rotatable bonds is 3. The quantitative estimate of drug-likeness (QED) is 0.810. The van der Waals surface area contributed by atoms with Gasteiger partial charge in [-0.3, -0.25) is 0 Å². The second-order valence-electron chi connectivity index (χ2n) is 8.63. The molecule has 2 aromatic rings. The van der Waals surface area contributed by atoms with E-state index in [-0.39, 0.29) is 0 Å². The maximum absolute atomic E-state index is 5.13. The van der Waals surface area contributed by atoms with E-state index >= 15 is 0 Å². The number of imidazole rings is 1. The lowest BCUT2D eigenvalue weighted by Crippen LogP contribution is -2.34. The molecule has 0 atom stereocenters. The summed E-state index contributed by atoms with van der Waals surface area (Å²) >= 11 is 0. The van der Waals surface area contributed by atoms with Crippen molar-refractivity contribution in [2.45, 2.75) is 57.8 Å². The Bertz CT molecular complexity index is 812. The van der Waals surface area contributed by atoms with E-state index in [9.17, 15) is 0 Å². The van der Waals surface area contributed by atoms with Gasteiger partial charge >= 0.3 is 0 Å². The summed E-state index contributed by atoms with van der Waals surface area (Å²) in [6.45, 7) is 6.52. The minimum Gasteiger partial charge on any atom is -0.355 e. The Morgan fingerprint density at radius 1 is 0.571 bits per heavy atom. The van der Waals surface area contributed by atoms with Crippen LogP contribution >= 0.6 is 0 Å². The van der Waals surface area contributed by atoms with Crippen molar-refractivity contribution in [3.8, 4) is 0 Å². The molecular formula is C21H33N7. The average Bonchev–Trinajstić information content (AvgIpc) is 3.11. The zero-order valence-corrected chi connectivity index (χ0v) is 17.2. The first kappa shape index (κ1) is 18.0. The molecular weight excluding hydrogens is 350 g/mol. The van der Waals surface area contributed by atoms with Gasteiger partial charge in [-0.15, -0.1) is 0 Å². The molecule has 3 fully saturated rings. The zero-order chi connectivity index (χ0) is 18.9. The highest BCUT2D eigenvalue weighted by Crippen LogP contribution is 2.32. The second kappa shape index (κ2) is 7.76. The van der Waals surface area contributed by atoms with E-state index < -0.39 is 0 Å². The van der Waals surface area contributed by atoms with Crippen molar-refractivity contribution in [2.24, 2.45) is 7.05 Å². The molecule has 152 valence electrons. The molecule has 0 aromatic carbocycles. The topological polar surface area (TPSA) is 53.3 Å². The lowest BCUT2D eigenvalue weighted by molar-refractivity contribution is 0.561. The first-order chi connectivity index (χ1) is 13.8. The summed E-state index contributed by atoms with van der Waals surface area (Å²) in [5.41, 5.74) is 1.99. The number of nitrogens with zero attached hydrogens (tertiary/aromatic N) is 7.